The molecule has 0 unspecified atom stereocenters. The van der Waals surface area contributed by atoms with Gasteiger partial charge in [-0.2, -0.15) is 0 Å². The highest BCUT2D eigenvalue weighted by Crippen LogP contribution is 2.27. The molecule has 0 aliphatic heterocycles. The Kier molecular flexibility index (Phi) is 11.1. The van der Waals surface area contributed by atoms with Gasteiger partial charge < -0.3 is 19.7 Å². The first-order valence-electron chi connectivity index (χ1n) is 12.2. The van der Waals surface area contributed by atoms with Gasteiger partial charge in [0.1, 0.15) is 17.5 Å². The minimum absolute atomic E-state index is 0.116. The lowest BCUT2D eigenvalue weighted by Crippen LogP contribution is -2.50. The lowest BCUT2D eigenvalue weighted by Gasteiger charge is -2.32. The first kappa shape index (κ1) is 28.4. The fourth-order valence-corrected chi connectivity index (χ4v) is 4.45. The third-order valence-corrected chi connectivity index (χ3v) is 6.58. The second-order valence-electron chi connectivity index (χ2n) is 8.45. The van der Waals surface area contributed by atoms with Crippen molar-refractivity contribution in [3.63, 3.8) is 0 Å². The van der Waals surface area contributed by atoms with Crippen molar-refractivity contribution in [3.8, 4) is 11.5 Å². The summed E-state index contributed by atoms with van der Waals surface area (Å²) in [4.78, 5) is 28.4. The van der Waals surface area contributed by atoms with Crippen LogP contribution in [0, 0.1) is 0 Å². The van der Waals surface area contributed by atoms with E-state index in [1.54, 1.807) is 30.2 Å². The summed E-state index contributed by atoms with van der Waals surface area (Å²) in [5.41, 5.74) is 1.56. The Morgan fingerprint density at radius 1 is 0.919 bits per heavy atom. The van der Waals surface area contributed by atoms with Crippen LogP contribution < -0.4 is 14.8 Å². The molecule has 1 atom stereocenters. The van der Waals surface area contributed by atoms with E-state index >= 15 is 0 Å². The monoisotopic (exact) mass is 542 g/mol. The van der Waals surface area contributed by atoms with Gasteiger partial charge in [-0.1, -0.05) is 59.6 Å². The molecule has 0 aliphatic rings. The molecule has 0 saturated carbocycles. The van der Waals surface area contributed by atoms with Crippen LogP contribution in [-0.4, -0.2) is 43.0 Å². The highest BCUT2D eigenvalue weighted by molar-refractivity contribution is 6.36. The second kappa shape index (κ2) is 14.5. The van der Waals surface area contributed by atoms with Gasteiger partial charge in [-0.05, 0) is 55.3 Å². The van der Waals surface area contributed by atoms with Gasteiger partial charge in [0, 0.05) is 41.5 Å². The number of halogens is 2. The number of carbonyl (C=O) groups excluding carboxylic acids is 2. The lowest BCUT2D eigenvalue weighted by molar-refractivity contribution is -0.141. The van der Waals surface area contributed by atoms with Gasteiger partial charge in [-0.15, -0.1) is 0 Å². The van der Waals surface area contributed by atoms with Crippen molar-refractivity contribution >= 4 is 35.0 Å². The van der Waals surface area contributed by atoms with Gasteiger partial charge in [0.2, 0.25) is 11.8 Å². The standard InChI is InChI=1S/C29H32Cl2N2O4/c1-3-32-29(35)27(19-21-9-5-4-6-10-21)33(20-24-25(30)11-7-12-26(24)31)28(34)13-8-18-37-23-16-14-22(36-2)15-17-23/h4-7,9-12,14-17,27H,3,8,13,18-20H2,1-2H3,(H,32,35)/t27-/m0/s1. The van der Waals surface area contributed by atoms with Gasteiger partial charge in [-0.3, -0.25) is 9.59 Å². The third-order valence-electron chi connectivity index (χ3n) is 5.88. The molecule has 1 N–H and O–H groups in total. The predicted octanol–water partition coefficient (Wildman–Crippen LogP) is 5.94. The Bertz CT molecular complexity index is 1140. The van der Waals surface area contributed by atoms with Gasteiger partial charge in [-0.25, -0.2) is 0 Å². The highest BCUT2D eigenvalue weighted by Gasteiger charge is 2.30. The van der Waals surface area contributed by atoms with E-state index in [1.807, 2.05) is 61.5 Å². The fourth-order valence-electron chi connectivity index (χ4n) is 3.93. The molecule has 37 heavy (non-hydrogen) atoms. The molecular weight excluding hydrogens is 511 g/mol. The largest absolute Gasteiger partial charge is 0.497 e. The first-order valence-corrected chi connectivity index (χ1v) is 13.0. The molecule has 0 fully saturated rings. The number of carbonyl (C=O) groups is 2. The van der Waals surface area contributed by atoms with E-state index in [0.717, 1.165) is 11.3 Å². The average molecular weight is 543 g/mol. The number of likely N-dealkylation sites (N-methyl/N-ethyl adjacent to an activating group) is 1. The van der Waals surface area contributed by atoms with Crippen molar-refractivity contribution in [2.75, 3.05) is 20.3 Å². The number of amides is 2. The number of methoxy groups -OCH3 is 1. The number of ether oxygens (including phenoxy) is 2. The summed E-state index contributed by atoms with van der Waals surface area (Å²) < 4.78 is 10.9. The van der Waals surface area contributed by atoms with E-state index in [2.05, 4.69) is 5.32 Å². The number of hydrogen-bond donors (Lipinski definition) is 1. The van der Waals surface area contributed by atoms with Crippen LogP contribution in [0.5, 0.6) is 11.5 Å². The topological polar surface area (TPSA) is 67.9 Å². The summed E-state index contributed by atoms with van der Waals surface area (Å²) in [5.74, 6) is 1.03. The zero-order chi connectivity index (χ0) is 26.6. The van der Waals surface area contributed by atoms with Crippen LogP contribution in [0.2, 0.25) is 10.0 Å². The maximum absolute atomic E-state index is 13.6. The summed E-state index contributed by atoms with van der Waals surface area (Å²) in [6, 6.07) is 21.4. The second-order valence-corrected chi connectivity index (χ2v) is 9.26. The van der Waals surface area contributed by atoms with Crippen LogP contribution in [0.25, 0.3) is 0 Å². The Hall–Kier alpha value is -3.22. The van der Waals surface area contributed by atoms with Crippen LogP contribution in [0.15, 0.2) is 72.8 Å². The van der Waals surface area contributed by atoms with Crippen LogP contribution in [0.1, 0.15) is 30.9 Å². The summed E-state index contributed by atoms with van der Waals surface area (Å²) in [5, 5.41) is 3.77. The zero-order valence-electron chi connectivity index (χ0n) is 21.1. The van der Waals surface area contributed by atoms with Crippen molar-refractivity contribution in [2.45, 2.75) is 38.8 Å². The van der Waals surface area contributed by atoms with E-state index in [4.69, 9.17) is 32.7 Å². The smallest absolute Gasteiger partial charge is 0.243 e. The molecule has 0 aromatic heterocycles. The molecule has 2 amide bonds. The van der Waals surface area contributed by atoms with E-state index in [0.29, 0.717) is 47.4 Å². The molecule has 0 spiro atoms. The molecule has 0 bridgehead atoms. The highest BCUT2D eigenvalue weighted by atomic mass is 35.5. The van der Waals surface area contributed by atoms with Gasteiger partial charge in [0.15, 0.2) is 0 Å². The molecule has 3 rings (SSSR count). The molecule has 3 aromatic carbocycles. The third kappa shape index (κ3) is 8.41. The van der Waals surface area contributed by atoms with Gasteiger partial charge in [0.05, 0.1) is 13.7 Å². The average Bonchev–Trinajstić information content (AvgIpc) is 2.91. The Balaban J connectivity index is 1.79. The Morgan fingerprint density at radius 2 is 1.57 bits per heavy atom. The molecule has 3 aromatic rings. The number of rotatable bonds is 13. The van der Waals surface area contributed by atoms with Gasteiger partial charge in [0.25, 0.3) is 0 Å². The number of benzene rings is 3. The number of nitrogens with zero attached hydrogens (tertiary/aromatic N) is 1. The maximum Gasteiger partial charge on any atom is 0.243 e. The first-order chi connectivity index (χ1) is 17.9. The van der Waals surface area contributed by atoms with E-state index in [-0.39, 0.29) is 24.8 Å². The quantitative estimate of drug-likeness (QED) is 0.271. The molecule has 0 radical (unpaired) electrons. The van der Waals surface area contributed by atoms with Crippen molar-refractivity contribution in [3.05, 3.63) is 94.0 Å². The molecule has 0 heterocycles. The Labute approximate surface area is 228 Å². The predicted molar refractivity (Wildman–Crippen MR) is 147 cm³/mol. The maximum atomic E-state index is 13.6. The summed E-state index contributed by atoms with van der Waals surface area (Å²) >= 11 is 12.9. The number of nitrogens with one attached hydrogen (secondary N) is 1. The Morgan fingerprint density at radius 3 is 2.19 bits per heavy atom. The van der Waals surface area contributed by atoms with E-state index in [9.17, 15) is 9.59 Å². The lowest BCUT2D eigenvalue weighted by atomic mass is 10.0. The van der Waals surface area contributed by atoms with Crippen molar-refractivity contribution in [1.29, 1.82) is 0 Å². The van der Waals surface area contributed by atoms with Crippen molar-refractivity contribution in [1.82, 2.24) is 10.2 Å². The molecule has 6 nitrogen and oxygen atoms in total. The van der Waals surface area contributed by atoms with Crippen LogP contribution in [-0.2, 0) is 22.6 Å². The van der Waals surface area contributed by atoms with Crippen molar-refractivity contribution < 1.29 is 19.1 Å². The number of hydrogen-bond acceptors (Lipinski definition) is 4. The minimum atomic E-state index is -0.732. The van der Waals surface area contributed by atoms with E-state index < -0.39 is 6.04 Å². The summed E-state index contributed by atoms with van der Waals surface area (Å²) in [6.45, 7) is 2.77. The molecule has 0 aliphatic carbocycles. The molecule has 0 saturated heterocycles. The van der Waals surface area contributed by atoms with Crippen molar-refractivity contribution in [2.24, 2.45) is 0 Å². The molecule has 196 valence electrons. The fraction of sp³-hybridized carbons (Fsp3) is 0.310. The molecule has 8 heteroatoms. The van der Waals surface area contributed by atoms with Crippen LogP contribution in [0.3, 0.4) is 0 Å². The van der Waals surface area contributed by atoms with E-state index in [1.165, 1.54) is 0 Å². The zero-order valence-corrected chi connectivity index (χ0v) is 22.6. The van der Waals surface area contributed by atoms with Gasteiger partial charge >= 0.3 is 0 Å². The van der Waals surface area contributed by atoms with Crippen LogP contribution >= 0.6 is 23.2 Å². The summed E-state index contributed by atoms with van der Waals surface area (Å²) in [6.07, 6.45) is 1.04. The summed E-state index contributed by atoms with van der Waals surface area (Å²) in [7, 11) is 1.61. The van der Waals surface area contributed by atoms with Crippen LogP contribution in [0.4, 0.5) is 0 Å². The minimum Gasteiger partial charge on any atom is -0.497 e. The normalized spacial score (nSPS) is 11.5. The SMILES string of the molecule is CCNC(=O)[C@H](Cc1ccccc1)N(Cc1c(Cl)cccc1Cl)C(=O)CCCOc1ccc(OC)cc1. The molecular formula is C29H32Cl2N2O4.